The molecule has 28 heavy (non-hydrogen) atoms. The molecule has 0 amide bonds. The molecular formula is C20H22ClFN4O2. The number of nitriles is 1. The largest absolute Gasteiger partial charge is 0.488 e. The van der Waals surface area contributed by atoms with Gasteiger partial charge in [-0.1, -0.05) is 17.7 Å². The van der Waals surface area contributed by atoms with Crippen molar-refractivity contribution in [3.05, 3.63) is 52.6 Å². The van der Waals surface area contributed by atoms with Crippen LogP contribution in [0, 0.1) is 17.1 Å². The molecule has 0 aliphatic carbocycles. The minimum atomic E-state index is -0.463. The van der Waals surface area contributed by atoms with Gasteiger partial charge in [0.05, 0.1) is 12.3 Å². The first kappa shape index (κ1) is 20.3. The molecule has 1 fully saturated rings. The van der Waals surface area contributed by atoms with E-state index in [9.17, 15) is 9.65 Å². The Labute approximate surface area is 169 Å². The summed E-state index contributed by atoms with van der Waals surface area (Å²) in [6.07, 6.45) is 1.43. The number of pyridine rings is 1. The summed E-state index contributed by atoms with van der Waals surface area (Å²) in [7, 11) is 3.58. The fraction of sp³-hybridized carbons (Fsp3) is 0.400. The standard InChI is InChI=1S/C20H22ClFN4O2/c1-25(2)17-6-5-14(19(22)16(17)10-23)11-26-8-9-27-15(12-26)13-28-18-4-3-7-24-20(18)21/h3-7,15H,8-9,11-13H2,1-2H3. The number of nitrogens with zero attached hydrogens (tertiary/aromatic N) is 4. The first-order valence-electron chi connectivity index (χ1n) is 8.95. The number of hydrogen-bond donors (Lipinski definition) is 0. The Kier molecular flexibility index (Phi) is 6.68. The van der Waals surface area contributed by atoms with Crippen molar-refractivity contribution in [2.45, 2.75) is 12.6 Å². The second-order valence-electron chi connectivity index (χ2n) is 6.77. The smallest absolute Gasteiger partial charge is 0.171 e. The van der Waals surface area contributed by atoms with Crippen molar-refractivity contribution >= 4 is 17.3 Å². The van der Waals surface area contributed by atoms with Crippen molar-refractivity contribution in [2.24, 2.45) is 0 Å². The van der Waals surface area contributed by atoms with Gasteiger partial charge in [-0.05, 0) is 18.2 Å². The molecule has 0 radical (unpaired) electrons. The Bertz CT molecular complexity index is 872. The minimum Gasteiger partial charge on any atom is -0.488 e. The summed E-state index contributed by atoms with van der Waals surface area (Å²) in [5.74, 6) is 0.0454. The maximum atomic E-state index is 14.8. The predicted octanol–water partition coefficient (Wildman–Crippen LogP) is 3.09. The molecule has 1 aromatic carbocycles. The molecule has 0 saturated carbocycles. The van der Waals surface area contributed by atoms with Gasteiger partial charge in [0.1, 0.15) is 30.2 Å². The third kappa shape index (κ3) is 4.71. The highest BCUT2D eigenvalue weighted by Crippen LogP contribution is 2.25. The Morgan fingerprint density at radius 3 is 2.96 bits per heavy atom. The predicted molar refractivity (Wildman–Crippen MR) is 105 cm³/mol. The van der Waals surface area contributed by atoms with Crippen LogP contribution >= 0.6 is 11.6 Å². The molecule has 0 spiro atoms. The highest BCUT2D eigenvalue weighted by molar-refractivity contribution is 6.30. The second-order valence-corrected chi connectivity index (χ2v) is 7.13. The van der Waals surface area contributed by atoms with Gasteiger partial charge in [0, 0.05) is 45.5 Å². The number of halogens is 2. The summed E-state index contributed by atoms with van der Waals surface area (Å²) in [5, 5.41) is 9.65. The third-order valence-electron chi connectivity index (χ3n) is 4.56. The quantitative estimate of drug-likeness (QED) is 0.689. The number of rotatable bonds is 6. The van der Waals surface area contributed by atoms with Gasteiger partial charge in [-0.15, -0.1) is 0 Å². The highest BCUT2D eigenvalue weighted by atomic mass is 35.5. The van der Waals surface area contributed by atoms with Crippen molar-refractivity contribution in [2.75, 3.05) is 45.3 Å². The molecule has 0 bridgehead atoms. The van der Waals surface area contributed by atoms with E-state index in [2.05, 4.69) is 9.88 Å². The molecule has 1 aromatic heterocycles. The van der Waals surface area contributed by atoms with Crippen LogP contribution < -0.4 is 9.64 Å². The molecular weight excluding hydrogens is 383 g/mol. The Morgan fingerprint density at radius 2 is 2.25 bits per heavy atom. The number of anilines is 1. The maximum absolute atomic E-state index is 14.8. The van der Waals surface area contributed by atoms with Crippen LogP contribution in [0.1, 0.15) is 11.1 Å². The zero-order valence-corrected chi connectivity index (χ0v) is 16.6. The van der Waals surface area contributed by atoms with E-state index in [1.807, 2.05) is 6.07 Å². The van der Waals surface area contributed by atoms with Crippen molar-refractivity contribution in [1.82, 2.24) is 9.88 Å². The molecule has 1 atom stereocenters. The average molecular weight is 405 g/mol. The summed E-state index contributed by atoms with van der Waals surface area (Å²) in [4.78, 5) is 7.80. The van der Waals surface area contributed by atoms with E-state index < -0.39 is 5.82 Å². The second kappa shape index (κ2) is 9.20. The van der Waals surface area contributed by atoms with Crippen molar-refractivity contribution in [3.63, 3.8) is 0 Å². The normalized spacial score (nSPS) is 17.2. The number of ether oxygens (including phenoxy) is 2. The van der Waals surface area contributed by atoms with Crippen LogP contribution in [0.25, 0.3) is 0 Å². The van der Waals surface area contributed by atoms with Gasteiger partial charge in [0.15, 0.2) is 10.9 Å². The Morgan fingerprint density at radius 1 is 1.43 bits per heavy atom. The molecule has 2 heterocycles. The van der Waals surface area contributed by atoms with Gasteiger partial charge in [-0.25, -0.2) is 9.37 Å². The van der Waals surface area contributed by atoms with Gasteiger partial charge >= 0.3 is 0 Å². The lowest BCUT2D eigenvalue weighted by Crippen LogP contribution is -2.44. The Balaban J connectivity index is 1.64. The first-order valence-corrected chi connectivity index (χ1v) is 9.33. The van der Waals surface area contributed by atoms with Gasteiger partial charge in [-0.3, -0.25) is 4.90 Å². The van der Waals surface area contributed by atoms with E-state index in [4.69, 9.17) is 21.1 Å². The topological polar surface area (TPSA) is 61.6 Å². The summed E-state index contributed by atoms with van der Waals surface area (Å²) in [5.41, 5.74) is 1.14. The monoisotopic (exact) mass is 404 g/mol. The number of morpholine rings is 1. The molecule has 1 unspecified atom stereocenters. The summed E-state index contributed by atoms with van der Waals surface area (Å²) in [6.45, 7) is 2.53. The van der Waals surface area contributed by atoms with E-state index in [1.165, 1.54) is 0 Å². The van der Waals surface area contributed by atoms with Gasteiger partial charge in [-0.2, -0.15) is 5.26 Å². The number of aromatic nitrogens is 1. The molecule has 0 N–H and O–H groups in total. The summed E-state index contributed by atoms with van der Waals surface area (Å²) in [6, 6.07) is 9.00. The first-order chi connectivity index (χ1) is 13.5. The number of benzene rings is 1. The zero-order chi connectivity index (χ0) is 20.1. The van der Waals surface area contributed by atoms with Gasteiger partial charge < -0.3 is 14.4 Å². The lowest BCUT2D eigenvalue weighted by Gasteiger charge is -2.33. The van der Waals surface area contributed by atoms with Crippen LogP contribution in [-0.2, 0) is 11.3 Å². The lowest BCUT2D eigenvalue weighted by atomic mass is 10.1. The van der Waals surface area contributed by atoms with Crippen molar-refractivity contribution in [3.8, 4) is 11.8 Å². The van der Waals surface area contributed by atoms with Crippen LogP contribution in [-0.4, -0.2) is 56.4 Å². The van der Waals surface area contributed by atoms with Crippen molar-refractivity contribution < 1.29 is 13.9 Å². The third-order valence-corrected chi connectivity index (χ3v) is 4.84. The van der Waals surface area contributed by atoms with Crippen LogP contribution in [0.5, 0.6) is 5.75 Å². The van der Waals surface area contributed by atoms with Crippen LogP contribution in [0.4, 0.5) is 10.1 Å². The van der Waals surface area contributed by atoms with Crippen molar-refractivity contribution in [1.29, 1.82) is 5.26 Å². The Hall–Kier alpha value is -2.40. The molecule has 3 rings (SSSR count). The molecule has 6 nitrogen and oxygen atoms in total. The summed E-state index contributed by atoms with van der Waals surface area (Å²) < 4.78 is 26.3. The molecule has 8 heteroatoms. The molecule has 2 aromatic rings. The van der Waals surface area contributed by atoms with Crippen LogP contribution in [0.15, 0.2) is 30.5 Å². The van der Waals surface area contributed by atoms with E-state index >= 15 is 0 Å². The molecule has 1 aliphatic rings. The maximum Gasteiger partial charge on any atom is 0.171 e. The van der Waals surface area contributed by atoms with Crippen LogP contribution in [0.3, 0.4) is 0 Å². The molecule has 148 valence electrons. The minimum absolute atomic E-state index is 0.0712. The van der Waals surface area contributed by atoms with E-state index in [0.717, 1.165) is 0 Å². The lowest BCUT2D eigenvalue weighted by molar-refractivity contribution is -0.0506. The SMILES string of the molecule is CN(C)c1ccc(CN2CCOC(COc3cccnc3Cl)C2)c(F)c1C#N. The molecule has 1 aliphatic heterocycles. The molecule has 1 saturated heterocycles. The summed E-state index contributed by atoms with van der Waals surface area (Å²) >= 11 is 6.00. The zero-order valence-electron chi connectivity index (χ0n) is 15.9. The number of hydrogen-bond acceptors (Lipinski definition) is 6. The highest BCUT2D eigenvalue weighted by Gasteiger charge is 2.23. The van der Waals surface area contributed by atoms with Gasteiger partial charge in [0.2, 0.25) is 0 Å². The van der Waals surface area contributed by atoms with Gasteiger partial charge in [0.25, 0.3) is 0 Å². The fourth-order valence-corrected chi connectivity index (χ4v) is 3.31. The fourth-order valence-electron chi connectivity index (χ4n) is 3.14. The average Bonchev–Trinajstić information content (AvgIpc) is 2.69. The van der Waals surface area contributed by atoms with Crippen LogP contribution in [0.2, 0.25) is 5.15 Å². The van der Waals surface area contributed by atoms with E-state index in [1.54, 1.807) is 49.5 Å². The van der Waals surface area contributed by atoms with E-state index in [-0.39, 0.29) is 11.7 Å². The van der Waals surface area contributed by atoms with E-state index in [0.29, 0.717) is 55.0 Å².